The molecule has 0 spiro atoms. The number of pyridine rings is 1. The first-order valence-corrected chi connectivity index (χ1v) is 13.6. The Bertz CT molecular complexity index is 1380. The van der Waals surface area contributed by atoms with E-state index in [1.165, 1.54) is 0 Å². The average Bonchev–Trinajstić information content (AvgIpc) is 2.94. The van der Waals surface area contributed by atoms with Crippen LogP contribution >= 0.6 is 0 Å². The van der Waals surface area contributed by atoms with Crippen molar-refractivity contribution in [2.75, 3.05) is 57.6 Å². The lowest BCUT2D eigenvalue weighted by Gasteiger charge is -2.41. The number of likely N-dealkylation sites (tertiary alicyclic amines) is 1. The maximum Gasteiger partial charge on any atom is 0.303 e. The summed E-state index contributed by atoms with van der Waals surface area (Å²) in [5.74, 6) is -3.59. The van der Waals surface area contributed by atoms with Crippen LogP contribution in [-0.2, 0) is 4.79 Å². The summed E-state index contributed by atoms with van der Waals surface area (Å²) < 4.78 is 62.3. The summed E-state index contributed by atoms with van der Waals surface area (Å²) in [7, 11) is 5.21. The molecule has 2 aromatic carbocycles. The Kier molecular flexibility index (Phi) is 9.57. The van der Waals surface area contributed by atoms with Crippen LogP contribution in [0.15, 0.2) is 36.5 Å². The van der Waals surface area contributed by atoms with E-state index >= 15 is 4.39 Å². The fourth-order valence-electron chi connectivity index (χ4n) is 5.69. The van der Waals surface area contributed by atoms with Gasteiger partial charge in [-0.3, -0.25) is 9.78 Å². The number of halogens is 4. The second-order valence-electron chi connectivity index (χ2n) is 10.9. The van der Waals surface area contributed by atoms with Crippen molar-refractivity contribution in [1.29, 1.82) is 0 Å². The number of nitrogens with one attached hydrogen (secondary N) is 1. The standard InChI is InChI=1S/C30H36F4N4O3/c1-37(2)26-18-36-24-5-4-20(41-3)16-21(24)28(26)22(32)6-7-30(17-27(39)40)8-11-38(12-9-30)13-10-35-25-15-19(31)14-23(33)29(25)34/h4-5,14-16,18,22,35H,6-13,17H2,1-3H3,(H,39,40)/t22-/m0/s1. The zero-order valence-electron chi connectivity index (χ0n) is 23.5. The Balaban J connectivity index is 1.43. The number of hydrogen-bond donors (Lipinski definition) is 2. The van der Waals surface area contributed by atoms with Gasteiger partial charge in [0, 0.05) is 50.3 Å². The molecule has 11 heteroatoms. The molecule has 4 rings (SSSR count). The first-order chi connectivity index (χ1) is 19.5. The third-order valence-electron chi connectivity index (χ3n) is 8.00. The Morgan fingerprint density at radius 3 is 2.59 bits per heavy atom. The maximum absolute atomic E-state index is 16.1. The van der Waals surface area contributed by atoms with Gasteiger partial charge in [0.25, 0.3) is 0 Å². The van der Waals surface area contributed by atoms with Gasteiger partial charge in [-0.1, -0.05) is 0 Å². The summed E-state index contributed by atoms with van der Waals surface area (Å²) in [5, 5.41) is 13.1. The molecule has 0 radical (unpaired) electrons. The highest BCUT2D eigenvalue weighted by Crippen LogP contribution is 2.44. The van der Waals surface area contributed by atoms with E-state index in [-0.39, 0.29) is 25.1 Å². The highest BCUT2D eigenvalue weighted by atomic mass is 19.2. The van der Waals surface area contributed by atoms with Gasteiger partial charge in [-0.05, 0) is 62.4 Å². The molecule has 1 saturated heterocycles. The van der Waals surface area contributed by atoms with Crippen molar-refractivity contribution in [2.24, 2.45) is 5.41 Å². The van der Waals surface area contributed by atoms with Crippen molar-refractivity contribution in [3.63, 3.8) is 0 Å². The molecule has 0 saturated carbocycles. The summed E-state index contributed by atoms with van der Waals surface area (Å²) in [5.41, 5.74) is 0.997. The number of benzene rings is 2. The van der Waals surface area contributed by atoms with Crippen molar-refractivity contribution < 1.29 is 32.2 Å². The number of alkyl halides is 1. The minimum atomic E-state index is -1.35. The molecule has 1 aromatic heterocycles. The minimum Gasteiger partial charge on any atom is -0.497 e. The molecule has 1 atom stereocenters. The lowest BCUT2D eigenvalue weighted by Crippen LogP contribution is -2.43. The van der Waals surface area contributed by atoms with Crippen LogP contribution in [0.4, 0.5) is 28.9 Å². The molecule has 1 fully saturated rings. The fraction of sp³-hybridized carbons (Fsp3) is 0.467. The SMILES string of the molecule is COc1ccc2ncc(N(C)C)c([C@@H](F)CCC3(CC(=O)O)CCN(CCNc4cc(F)cc(F)c4F)CC3)c2c1. The van der Waals surface area contributed by atoms with E-state index in [9.17, 15) is 23.1 Å². The summed E-state index contributed by atoms with van der Waals surface area (Å²) in [6, 6.07) is 6.74. The number of carbonyl (C=O) groups is 1. The van der Waals surface area contributed by atoms with E-state index in [0.29, 0.717) is 72.9 Å². The Labute approximate surface area is 237 Å². The molecular formula is C30H36F4N4O3. The van der Waals surface area contributed by atoms with Gasteiger partial charge in [0.15, 0.2) is 11.6 Å². The normalized spacial score (nSPS) is 16.0. The van der Waals surface area contributed by atoms with Crippen molar-refractivity contribution in [1.82, 2.24) is 9.88 Å². The summed E-state index contributed by atoms with van der Waals surface area (Å²) in [6.07, 6.45) is 1.89. The molecule has 0 unspecified atom stereocenters. The number of carboxylic acids is 1. The van der Waals surface area contributed by atoms with Gasteiger partial charge < -0.3 is 25.0 Å². The van der Waals surface area contributed by atoms with Gasteiger partial charge in [0.1, 0.15) is 17.7 Å². The number of anilines is 2. The molecule has 1 aliphatic rings. The molecular weight excluding hydrogens is 540 g/mol. The molecule has 3 aromatic rings. The third-order valence-corrected chi connectivity index (χ3v) is 8.00. The third kappa shape index (κ3) is 7.19. The van der Waals surface area contributed by atoms with E-state index < -0.39 is 35.0 Å². The summed E-state index contributed by atoms with van der Waals surface area (Å²) >= 11 is 0. The van der Waals surface area contributed by atoms with Crippen LogP contribution in [0, 0.1) is 22.9 Å². The quantitative estimate of drug-likeness (QED) is 0.197. The van der Waals surface area contributed by atoms with Gasteiger partial charge in [-0.25, -0.2) is 17.6 Å². The predicted octanol–water partition coefficient (Wildman–Crippen LogP) is 6.19. The van der Waals surface area contributed by atoms with Gasteiger partial charge in [-0.2, -0.15) is 0 Å². The number of methoxy groups -OCH3 is 1. The monoisotopic (exact) mass is 576 g/mol. The van der Waals surface area contributed by atoms with Crippen molar-refractivity contribution >= 4 is 28.2 Å². The number of rotatable bonds is 12. The second kappa shape index (κ2) is 12.9. The molecule has 7 nitrogen and oxygen atoms in total. The van der Waals surface area contributed by atoms with Crippen LogP contribution in [0.1, 0.15) is 43.8 Å². The fourth-order valence-corrected chi connectivity index (χ4v) is 5.69. The summed E-state index contributed by atoms with van der Waals surface area (Å²) in [4.78, 5) is 20.2. The van der Waals surface area contributed by atoms with Crippen LogP contribution in [0.5, 0.6) is 5.75 Å². The Morgan fingerprint density at radius 2 is 1.93 bits per heavy atom. The molecule has 2 N–H and O–H groups in total. The largest absolute Gasteiger partial charge is 0.497 e. The van der Waals surface area contributed by atoms with Crippen LogP contribution < -0.4 is 15.0 Å². The van der Waals surface area contributed by atoms with E-state index in [0.717, 1.165) is 6.07 Å². The first kappa shape index (κ1) is 30.4. The van der Waals surface area contributed by atoms with Crippen molar-refractivity contribution in [3.8, 4) is 5.75 Å². The molecule has 41 heavy (non-hydrogen) atoms. The Hall–Kier alpha value is -3.60. The van der Waals surface area contributed by atoms with E-state index in [1.54, 1.807) is 31.5 Å². The first-order valence-electron chi connectivity index (χ1n) is 13.6. The van der Waals surface area contributed by atoms with Gasteiger partial charge in [0.05, 0.1) is 36.6 Å². The molecule has 0 aliphatic carbocycles. The molecule has 0 amide bonds. The van der Waals surface area contributed by atoms with Gasteiger partial charge >= 0.3 is 5.97 Å². The highest BCUT2D eigenvalue weighted by Gasteiger charge is 2.37. The number of aromatic nitrogens is 1. The number of aliphatic carboxylic acids is 1. The Morgan fingerprint density at radius 1 is 1.20 bits per heavy atom. The topological polar surface area (TPSA) is 77.9 Å². The number of nitrogens with zero attached hydrogens (tertiary/aromatic N) is 3. The zero-order valence-corrected chi connectivity index (χ0v) is 23.5. The molecule has 2 heterocycles. The van der Waals surface area contributed by atoms with Crippen LogP contribution in [0.25, 0.3) is 10.9 Å². The smallest absolute Gasteiger partial charge is 0.303 e. The average molecular weight is 577 g/mol. The number of hydrogen-bond acceptors (Lipinski definition) is 6. The van der Waals surface area contributed by atoms with Crippen LogP contribution in [-0.4, -0.2) is 68.3 Å². The van der Waals surface area contributed by atoms with Crippen molar-refractivity contribution in [3.05, 3.63) is 59.5 Å². The van der Waals surface area contributed by atoms with Crippen LogP contribution in [0.2, 0.25) is 0 Å². The molecule has 222 valence electrons. The number of piperidine rings is 1. The second-order valence-corrected chi connectivity index (χ2v) is 10.9. The van der Waals surface area contributed by atoms with E-state index in [2.05, 4.69) is 15.2 Å². The lowest BCUT2D eigenvalue weighted by molar-refractivity contribution is -0.141. The van der Waals surface area contributed by atoms with E-state index in [4.69, 9.17) is 4.74 Å². The van der Waals surface area contributed by atoms with Gasteiger partial charge in [-0.15, -0.1) is 0 Å². The number of ether oxygens (including phenoxy) is 1. The van der Waals surface area contributed by atoms with Gasteiger partial charge in [0.2, 0.25) is 0 Å². The summed E-state index contributed by atoms with van der Waals surface area (Å²) in [6.45, 7) is 1.88. The molecule has 0 bridgehead atoms. The lowest BCUT2D eigenvalue weighted by atomic mass is 9.71. The zero-order chi connectivity index (χ0) is 29.7. The highest BCUT2D eigenvalue weighted by molar-refractivity contribution is 5.88. The van der Waals surface area contributed by atoms with Crippen LogP contribution in [0.3, 0.4) is 0 Å². The maximum atomic E-state index is 16.1. The number of carboxylic acid groups (broad SMARTS) is 1. The van der Waals surface area contributed by atoms with E-state index in [1.807, 2.05) is 19.0 Å². The van der Waals surface area contributed by atoms with Crippen molar-refractivity contribution in [2.45, 2.75) is 38.3 Å². The minimum absolute atomic E-state index is 0.0644. The predicted molar refractivity (Wildman–Crippen MR) is 151 cm³/mol. The number of fused-ring (bicyclic) bond motifs is 1. The molecule has 1 aliphatic heterocycles.